The maximum absolute atomic E-state index is 6.24. The Morgan fingerprint density at radius 3 is 2.80 bits per heavy atom. The number of pyridine rings is 1. The van der Waals surface area contributed by atoms with E-state index in [0.29, 0.717) is 17.4 Å². The third-order valence-electron chi connectivity index (χ3n) is 3.12. The van der Waals surface area contributed by atoms with Crippen LogP contribution in [0.3, 0.4) is 0 Å². The van der Waals surface area contributed by atoms with E-state index < -0.39 is 0 Å². The zero-order valence-corrected chi connectivity index (χ0v) is 12.3. The van der Waals surface area contributed by atoms with Gasteiger partial charge in [0.1, 0.15) is 12.4 Å². The molecule has 3 nitrogen and oxygen atoms in total. The van der Waals surface area contributed by atoms with Gasteiger partial charge in [0.25, 0.3) is 0 Å². The van der Waals surface area contributed by atoms with Gasteiger partial charge in [-0.15, -0.1) is 0 Å². The van der Waals surface area contributed by atoms with Crippen LogP contribution in [0, 0.1) is 0 Å². The molecule has 2 rings (SSSR count). The lowest BCUT2D eigenvalue weighted by molar-refractivity contribution is 0.301. The fourth-order valence-electron chi connectivity index (χ4n) is 1.87. The summed E-state index contributed by atoms with van der Waals surface area (Å²) in [6.07, 6.45) is 3.53. The first-order valence-electron chi connectivity index (χ1n) is 6.75. The average molecular weight is 291 g/mol. The summed E-state index contributed by atoms with van der Waals surface area (Å²) in [5, 5.41) is 0.613. The Balaban J connectivity index is 1.99. The molecule has 0 radical (unpaired) electrons. The van der Waals surface area contributed by atoms with Crippen LogP contribution in [0.25, 0.3) is 0 Å². The zero-order chi connectivity index (χ0) is 14.4. The van der Waals surface area contributed by atoms with E-state index in [1.807, 2.05) is 36.4 Å². The predicted octanol–water partition coefficient (Wildman–Crippen LogP) is 3.59. The number of nitrogens with two attached hydrogens (primary N) is 1. The summed E-state index contributed by atoms with van der Waals surface area (Å²) in [6.45, 7) is 2.49. The normalized spacial score (nSPS) is 12.2. The van der Waals surface area contributed by atoms with Crippen LogP contribution in [0.5, 0.6) is 5.75 Å². The molecule has 20 heavy (non-hydrogen) atoms. The van der Waals surface area contributed by atoms with Crippen molar-refractivity contribution in [1.29, 1.82) is 0 Å². The molecule has 1 unspecified atom stereocenters. The molecule has 106 valence electrons. The quantitative estimate of drug-likeness (QED) is 0.884. The Labute approximate surface area is 124 Å². The summed E-state index contributed by atoms with van der Waals surface area (Å²) in [4.78, 5) is 4.21. The molecule has 0 amide bonds. The summed E-state index contributed by atoms with van der Waals surface area (Å²) in [5.74, 6) is 0.672. The minimum atomic E-state index is 0.173. The molecule has 1 aromatic carbocycles. The third-order valence-corrected chi connectivity index (χ3v) is 3.42. The Bertz CT molecular complexity index is 545. The topological polar surface area (TPSA) is 48.1 Å². The molecule has 0 aliphatic carbocycles. The Kier molecular flexibility index (Phi) is 5.39. The van der Waals surface area contributed by atoms with Crippen molar-refractivity contribution in [2.24, 2.45) is 5.73 Å². The van der Waals surface area contributed by atoms with Crippen LogP contribution in [0.15, 0.2) is 42.6 Å². The van der Waals surface area contributed by atoms with Crippen LogP contribution in [0.2, 0.25) is 5.02 Å². The SMILES string of the molecule is CCC(N)Cc1ccc(OCc2ccccn2)c(Cl)c1. The van der Waals surface area contributed by atoms with Gasteiger partial charge in [-0.25, -0.2) is 0 Å². The van der Waals surface area contributed by atoms with E-state index in [4.69, 9.17) is 22.1 Å². The summed E-state index contributed by atoms with van der Waals surface area (Å²) >= 11 is 6.24. The van der Waals surface area contributed by atoms with Crippen molar-refractivity contribution in [3.63, 3.8) is 0 Å². The highest BCUT2D eigenvalue weighted by Crippen LogP contribution is 2.26. The first kappa shape index (κ1) is 14.8. The molecule has 0 saturated heterocycles. The molecule has 0 spiro atoms. The smallest absolute Gasteiger partial charge is 0.138 e. The molecule has 1 atom stereocenters. The van der Waals surface area contributed by atoms with Crippen molar-refractivity contribution in [3.8, 4) is 5.75 Å². The van der Waals surface area contributed by atoms with E-state index in [9.17, 15) is 0 Å². The van der Waals surface area contributed by atoms with Crippen molar-refractivity contribution in [1.82, 2.24) is 4.98 Å². The number of benzene rings is 1. The largest absolute Gasteiger partial charge is 0.486 e. The number of rotatable bonds is 6. The lowest BCUT2D eigenvalue weighted by Gasteiger charge is -2.11. The monoisotopic (exact) mass is 290 g/mol. The van der Waals surface area contributed by atoms with Gasteiger partial charge in [-0.2, -0.15) is 0 Å². The maximum Gasteiger partial charge on any atom is 0.138 e. The number of hydrogen-bond donors (Lipinski definition) is 1. The fraction of sp³-hybridized carbons (Fsp3) is 0.312. The number of ether oxygens (including phenoxy) is 1. The van der Waals surface area contributed by atoms with Crippen molar-refractivity contribution in [3.05, 3.63) is 58.9 Å². The standard InChI is InChI=1S/C16H19ClN2O/c1-2-13(18)9-12-6-7-16(15(17)10-12)20-11-14-5-3-4-8-19-14/h3-8,10,13H,2,9,11,18H2,1H3. The second-order valence-electron chi connectivity index (χ2n) is 4.75. The van der Waals surface area contributed by atoms with Gasteiger partial charge in [0.05, 0.1) is 10.7 Å². The molecule has 1 heterocycles. The van der Waals surface area contributed by atoms with E-state index in [1.165, 1.54) is 0 Å². The van der Waals surface area contributed by atoms with Crippen LogP contribution < -0.4 is 10.5 Å². The average Bonchev–Trinajstić information content (AvgIpc) is 2.47. The summed E-state index contributed by atoms with van der Waals surface area (Å²) in [5.41, 5.74) is 7.95. The third kappa shape index (κ3) is 4.22. The predicted molar refractivity (Wildman–Crippen MR) is 82.0 cm³/mol. The van der Waals surface area contributed by atoms with Gasteiger partial charge >= 0.3 is 0 Å². The number of nitrogens with zero attached hydrogens (tertiary/aromatic N) is 1. The molecule has 0 aliphatic rings. The summed E-state index contributed by atoms with van der Waals surface area (Å²) in [7, 11) is 0. The van der Waals surface area contributed by atoms with E-state index in [2.05, 4.69) is 11.9 Å². The van der Waals surface area contributed by atoms with Crippen LogP contribution in [-0.4, -0.2) is 11.0 Å². The molecule has 0 bridgehead atoms. The second-order valence-corrected chi connectivity index (χ2v) is 5.15. The molecule has 0 aliphatic heterocycles. The molecule has 1 aromatic heterocycles. The van der Waals surface area contributed by atoms with E-state index in [1.54, 1.807) is 6.20 Å². The van der Waals surface area contributed by atoms with E-state index in [-0.39, 0.29) is 6.04 Å². The van der Waals surface area contributed by atoms with Gasteiger partial charge in [-0.3, -0.25) is 4.98 Å². The Morgan fingerprint density at radius 2 is 2.15 bits per heavy atom. The highest BCUT2D eigenvalue weighted by Gasteiger charge is 2.06. The van der Waals surface area contributed by atoms with Crippen LogP contribution in [0.1, 0.15) is 24.6 Å². The minimum absolute atomic E-state index is 0.173. The number of hydrogen-bond acceptors (Lipinski definition) is 3. The lowest BCUT2D eigenvalue weighted by Crippen LogP contribution is -2.21. The highest BCUT2D eigenvalue weighted by atomic mass is 35.5. The van der Waals surface area contributed by atoms with Crippen molar-refractivity contribution in [2.45, 2.75) is 32.4 Å². The first-order valence-corrected chi connectivity index (χ1v) is 7.13. The molecule has 0 fully saturated rings. The van der Waals surface area contributed by atoms with Crippen LogP contribution >= 0.6 is 11.6 Å². The van der Waals surface area contributed by atoms with Gasteiger partial charge in [0, 0.05) is 12.2 Å². The fourth-order valence-corrected chi connectivity index (χ4v) is 2.13. The molecular weight excluding hydrogens is 272 g/mol. The second kappa shape index (κ2) is 7.27. The summed E-state index contributed by atoms with van der Waals surface area (Å²) < 4.78 is 5.68. The summed E-state index contributed by atoms with van der Waals surface area (Å²) in [6, 6.07) is 11.7. The van der Waals surface area contributed by atoms with Gasteiger partial charge in [0.15, 0.2) is 0 Å². The Hall–Kier alpha value is -1.58. The highest BCUT2D eigenvalue weighted by molar-refractivity contribution is 6.32. The van der Waals surface area contributed by atoms with Crippen molar-refractivity contribution in [2.75, 3.05) is 0 Å². The maximum atomic E-state index is 6.24. The van der Waals surface area contributed by atoms with Crippen molar-refractivity contribution < 1.29 is 4.74 Å². The molecule has 4 heteroatoms. The lowest BCUT2D eigenvalue weighted by atomic mass is 10.0. The molecular formula is C16H19ClN2O. The van der Waals surface area contributed by atoms with E-state index in [0.717, 1.165) is 24.1 Å². The minimum Gasteiger partial charge on any atom is -0.486 e. The zero-order valence-electron chi connectivity index (χ0n) is 11.6. The van der Waals surface area contributed by atoms with Crippen molar-refractivity contribution >= 4 is 11.6 Å². The first-order chi connectivity index (χ1) is 9.69. The van der Waals surface area contributed by atoms with E-state index >= 15 is 0 Å². The van der Waals surface area contributed by atoms with Crippen LogP contribution in [-0.2, 0) is 13.0 Å². The molecule has 0 saturated carbocycles. The van der Waals surface area contributed by atoms with Gasteiger partial charge in [-0.1, -0.05) is 30.7 Å². The molecule has 2 N–H and O–H groups in total. The number of aromatic nitrogens is 1. The molecule has 2 aromatic rings. The van der Waals surface area contributed by atoms with Gasteiger partial charge in [-0.05, 0) is 42.7 Å². The number of halogens is 1. The van der Waals surface area contributed by atoms with Gasteiger partial charge in [0.2, 0.25) is 0 Å². The van der Waals surface area contributed by atoms with Crippen LogP contribution in [0.4, 0.5) is 0 Å². The van der Waals surface area contributed by atoms with Gasteiger partial charge < -0.3 is 10.5 Å². The Morgan fingerprint density at radius 1 is 1.30 bits per heavy atom.